The van der Waals surface area contributed by atoms with Crippen LogP contribution in [0.5, 0.6) is 5.75 Å². The number of benzene rings is 1. The summed E-state index contributed by atoms with van der Waals surface area (Å²) >= 11 is 0. The Morgan fingerprint density at radius 1 is 1.29 bits per heavy atom. The number of hydrogen-bond acceptors (Lipinski definition) is 4. The number of nitrogens with zero attached hydrogens (tertiary/aromatic N) is 2. The second-order valence-electron chi connectivity index (χ2n) is 4.18. The van der Waals surface area contributed by atoms with E-state index in [0.717, 1.165) is 10.4 Å². The molecule has 0 bridgehead atoms. The van der Waals surface area contributed by atoms with Gasteiger partial charge in [-0.05, 0) is 37.3 Å². The molecule has 0 atom stereocenters. The minimum atomic E-state index is -1.12. The van der Waals surface area contributed by atoms with E-state index >= 15 is 0 Å². The fraction of sp³-hybridized carbons (Fsp3) is 0.214. The largest absolute Gasteiger partial charge is 0.494 e. The molecular weight excluding hydrogens is 274 g/mol. The van der Waals surface area contributed by atoms with Crippen molar-refractivity contribution in [1.29, 1.82) is 0 Å². The standard InChI is InChI=1S/C14H15N3O4/c1-2-21-11-5-3-10(4-6-11)16-13(18)9-17-12(14(19)20)7-8-15-17/h3-8H,2,9H2,1H3,(H,16,18)(H,19,20). The van der Waals surface area contributed by atoms with Crippen molar-refractivity contribution in [3.63, 3.8) is 0 Å². The van der Waals surface area contributed by atoms with Crippen molar-refractivity contribution >= 4 is 17.6 Å². The predicted octanol–water partition coefficient (Wildman–Crippen LogP) is 1.62. The van der Waals surface area contributed by atoms with E-state index in [1.165, 1.54) is 12.3 Å². The maximum Gasteiger partial charge on any atom is 0.354 e. The SMILES string of the molecule is CCOc1ccc(NC(=O)Cn2nccc2C(=O)O)cc1. The highest BCUT2D eigenvalue weighted by Gasteiger charge is 2.13. The molecule has 0 spiro atoms. The quantitative estimate of drug-likeness (QED) is 0.842. The van der Waals surface area contributed by atoms with Gasteiger partial charge in [-0.3, -0.25) is 4.79 Å². The molecule has 7 nitrogen and oxygen atoms in total. The maximum absolute atomic E-state index is 11.9. The summed E-state index contributed by atoms with van der Waals surface area (Å²) in [6, 6.07) is 8.26. The number of nitrogens with one attached hydrogen (secondary N) is 1. The van der Waals surface area contributed by atoms with E-state index in [1.54, 1.807) is 24.3 Å². The molecule has 1 heterocycles. The van der Waals surface area contributed by atoms with Crippen LogP contribution in [0.1, 0.15) is 17.4 Å². The molecule has 0 aliphatic rings. The predicted molar refractivity (Wildman–Crippen MR) is 75.4 cm³/mol. The van der Waals surface area contributed by atoms with Gasteiger partial charge in [0.05, 0.1) is 6.61 Å². The Morgan fingerprint density at radius 2 is 2.00 bits per heavy atom. The number of ether oxygens (including phenoxy) is 1. The first-order chi connectivity index (χ1) is 10.1. The summed E-state index contributed by atoms with van der Waals surface area (Å²) in [5, 5.41) is 15.4. The highest BCUT2D eigenvalue weighted by molar-refractivity contribution is 5.91. The van der Waals surface area contributed by atoms with E-state index in [9.17, 15) is 9.59 Å². The van der Waals surface area contributed by atoms with Crippen molar-refractivity contribution in [3.8, 4) is 5.75 Å². The Kier molecular flexibility index (Phi) is 4.55. The summed E-state index contributed by atoms with van der Waals surface area (Å²) < 4.78 is 6.43. The van der Waals surface area contributed by atoms with Crippen LogP contribution in [0.4, 0.5) is 5.69 Å². The number of carboxylic acid groups (broad SMARTS) is 1. The molecular formula is C14H15N3O4. The number of aromatic nitrogens is 2. The highest BCUT2D eigenvalue weighted by Crippen LogP contribution is 2.15. The molecule has 0 aliphatic heterocycles. The van der Waals surface area contributed by atoms with Gasteiger partial charge in [-0.1, -0.05) is 0 Å². The summed E-state index contributed by atoms with van der Waals surface area (Å²) in [6.45, 7) is 2.30. The number of aromatic carboxylic acids is 1. The third-order valence-corrected chi connectivity index (χ3v) is 2.68. The molecule has 2 rings (SSSR count). The second kappa shape index (κ2) is 6.56. The van der Waals surface area contributed by atoms with Gasteiger partial charge in [-0.2, -0.15) is 5.10 Å². The third kappa shape index (κ3) is 3.82. The van der Waals surface area contributed by atoms with E-state index in [-0.39, 0.29) is 18.1 Å². The second-order valence-corrected chi connectivity index (χ2v) is 4.18. The van der Waals surface area contributed by atoms with Crippen molar-refractivity contribution < 1.29 is 19.4 Å². The van der Waals surface area contributed by atoms with Gasteiger partial charge in [0.1, 0.15) is 18.0 Å². The fourth-order valence-electron chi connectivity index (χ4n) is 1.78. The van der Waals surface area contributed by atoms with Crippen LogP contribution in [0.2, 0.25) is 0 Å². The molecule has 0 unspecified atom stereocenters. The van der Waals surface area contributed by atoms with Gasteiger partial charge in [-0.25, -0.2) is 9.48 Å². The first kappa shape index (κ1) is 14.6. The van der Waals surface area contributed by atoms with Crippen LogP contribution in [0.25, 0.3) is 0 Å². The lowest BCUT2D eigenvalue weighted by Crippen LogP contribution is -2.22. The highest BCUT2D eigenvalue weighted by atomic mass is 16.5. The van der Waals surface area contributed by atoms with Crippen LogP contribution < -0.4 is 10.1 Å². The molecule has 2 aromatic rings. The normalized spacial score (nSPS) is 10.1. The Bertz CT molecular complexity index is 634. The molecule has 21 heavy (non-hydrogen) atoms. The van der Waals surface area contributed by atoms with E-state index in [4.69, 9.17) is 9.84 Å². The lowest BCUT2D eigenvalue weighted by atomic mass is 10.3. The summed E-state index contributed by atoms with van der Waals surface area (Å²) in [5.74, 6) is -0.762. The van der Waals surface area contributed by atoms with Crippen LogP contribution in [0.3, 0.4) is 0 Å². The molecule has 0 aliphatic carbocycles. The van der Waals surface area contributed by atoms with E-state index in [2.05, 4.69) is 10.4 Å². The van der Waals surface area contributed by atoms with Crippen molar-refractivity contribution in [2.24, 2.45) is 0 Å². The topological polar surface area (TPSA) is 93.5 Å². The van der Waals surface area contributed by atoms with Crippen LogP contribution in [0, 0.1) is 0 Å². The van der Waals surface area contributed by atoms with Gasteiger partial charge >= 0.3 is 5.97 Å². The Hall–Kier alpha value is -2.83. The smallest absolute Gasteiger partial charge is 0.354 e. The molecule has 1 aromatic carbocycles. The number of carbonyl (C=O) groups excluding carboxylic acids is 1. The zero-order valence-corrected chi connectivity index (χ0v) is 11.4. The Labute approximate surface area is 121 Å². The van der Waals surface area contributed by atoms with Crippen LogP contribution in [-0.2, 0) is 11.3 Å². The third-order valence-electron chi connectivity index (χ3n) is 2.68. The number of hydrogen-bond donors (Lipinski definition) is 2. The number of anilines is 1. The zero-order chi connectivity index (χ0) is 15.2. The minimum absolute atomic E-state index is 0.0307. The average molecular weight is 289 g/mol. The fourth-order valence-corrected chi connectivity index (χ4v) is 1.78. The number of carboxylic acids is 1. The van der Waals surface area contributed by atoms with Crippen LogP contribution >= 0.6 is 0 Å². The van der Waals surface area contributed by atoms with Crippen LogP contribution in [-0.4, -0.2) is 33.4 Å². The van der Waals surface area contributed by atoms with Gasteiger partial charge in [0, 0.05) is 11.9 Å². The molecule has 1 amide bonds. The van der Waals surface area contributed by atoms with Crippen LogP contribution in [0.15, 0.2) is 36.5 Å². The summed E-state index contributed by atoms with van der Waals surface area (Å²) in [4.78, 5) is 22.8. The van der Waals surface area contributed by atoms with E-state index < -0.39 is 5.97 Å². The summed E-state index contributed by atoms with van der Waals surface area (Å²) in [6.07, 6.45) is 1.34. The number of rotatable bonds is 6. The van der Waals surface area contributed by atoms with Gasteiger partial charge in [0.2, 0.25) is 5.91 Å². The first-order valence-corrected chi connectivity index (χ1v) is 6.38. The summed E-state index contributed by atoms with van der Waals surface area (Å²) in [7, 11) is 0. The van der Waals surface area contributed by atoms with Gasteiger partial charge in [-0.15, -0.1) is 0 Å². The van der Waals surface area contributed by atoms with E-state index in [0.29, 0.717) is 12.3 Å². The molecule has 0 radical (unpaired) electrons. The van der Waals surface area contributed by atoms with Crippen molar-refractivity contribution in [3.05, 3.63) is 42.2 Å². The average Bonchev–Trinajstić information content (AvgIpc) is 2.89. The number of amides is 1. The molecule has 0 saturated carbocycles. The van der Waals surface area contributed by atoms with Crippen molar-refractivity contribution in [2.75, 3.05) is 11.9 Å². The monoisotopic (exact) mass is 289 g/mol. The van der Waals surface area contributed by atoms with Crippen molar-refractivity contribution in [1.82, 2.24) is 9.78 Å². The van der Waals surface area contributed by atoms with Gasteiger partial charge in [0.15, 0.2) is 0 Å². The molecule has 0 fully saturated rings. The lowest BCUT2D eigenvalue weighted by molar-refractivity contribution is -0.116. The molecule has 2 N–H and O–H groups in total. The molecule has 1 aromatic heterocycles. The molecule has 7 heteroatoms. The summed E-state index contributed by atoms with van der Waals surface area (Å²) in [5.41, 5.74) is 0.573. The molecule has 0 saturated heterocycles. The van der Waals surface area contributed by atoms with E-state index in [1.807, 2.05) is 6.92 Å². The maximum atomic E-state index is 11.9. The Balaban J connectivity index is 1.98. The van der Waals surface area contributed by atoms with Crippen molar-refractivity contribution in [2.45, 2.75) is 13.5 Å². The zero-order valence-electron chi connectivity index (χ0n) is 11.4. The number of carbonyl (C=O) groups is 2. The first-order valence-electron chi connectivity index (χ1n) is 6.38. The molecule has 110 valence electrons. The Morgan fingerprint density at radius 3 is 2.62 bits per heavy atom. The van der Waals surface area contributed by atoms with Gasteiger partial charge < -0.3 is 15.2 Å². The van der Waals surface area contributed by atoms with Gasteiger partial charge in [0.25, 0.3) is 0 Å². The minimum Gasteiger partial charge on any atom is -0.494 e. The lowest BCUT2D eigenvalue weighted by Gasteiger charge is -2.08.